The molecule has 2 aromatic rings. The number of esters is 1. The number of hydrogen-bond acceptors (Lipinski definition) is 5. The van der Waals surface area contributed by atoms with Crippen molar-refractivity contribution in [2.75, 3.05) is 19.1 Å². The molecule has 0 amide bonds. The number of halogens is 1. The Kier molecular flexibility index (Phi) is 4.24. The van der Waals surface area contributed by atoms with Gasteiger partial charge in [-0.1, -0.05) is 12.1 Å². The molecule has 0 fully saturated rings. The molecule has 0 spiro atoms. The van der Waals surface area contributed by atoms with Crippen LogP contribution in [0.2, 0.25) is 0 Å². The van der Waals surface area contributed by atoms with Gasteiger partial charge in [0.15, 0.2) is 5.69 Å². The molecule has 0 aliphatic heterocycles. The second-order valence-electron chi connectivity index (χ2n) is 4.24. The van der Waals surface area contributed by atoms with Crippen LogP contribution in [0.4, 0.5) is 10.2 Å². The first kappa shape index (κ1) is 13.9. The highest BCUT2D eigenvalue weighted by atomic mass is 19.1. The number of anilines is 1. The lowest BCUT2D eigenvalue weighted by molar-refractivity contribution is 0.0594. The summed E-state index contributed by atoms with van der Waals surface area (Å²) in [5.41, 5.74) is 1.13. The third-order valence-electron chi connectivity index (χ3n) is 2.77. The average molecular weight is 275 g/mol. The highest BCUT2D eigenvalue weighted by molar-refractivity contribution is 5.87. The van der Waals surface area contributed by atoms with Crippen molar-refractivity contribution in [3.8, 4) is 0 Å². The summed E-state index contributed by atoms with van der Waals surface area (Å²) >= 11 is 0. The third-order valence-corrected chi connectivity index (χ3v) is 2.77. The van der Waals surface area contributed by atoms with E-state index in [0.29, 0.717) is 12.4 Å². The molecule has 0 aliphatic carbocycles. The Bertz CT molecular complexity index is 602. The van der Waals surface area contributed by atoms with E-state index in [1.54, 1.807) is 18.2 Å². The molecular formula is C14H14FN3O2. The summed E-state index contributed by atoms with van der Waals surface area (Å²) < 4.78 is 17.5. The molecule has 20 heavy (non-hydrogen) atoms. The molecule has 1 aromatic carbocycles. The molecule has 0 N–H and O–H groups in total. The van der Waals surface area contributed by atoms with E-state index in [-0.39, 0.29) is 11.5 Å². The lowest BCUT2D eigenvalue weighted by atomic mass is 10.2. The quantitative estimate of drug-likeness (QED) is 0.799. The lowest BCUT2D eigenvalue weighted by Crippen LogP contribution is -2.18. The van der Waals surface area contributed by atoms with Gasteiger partial charge < -0.3 is 9.64 Å². The fourth-order valence-corrected chi connectivity index (χ4v) is 1.72. The lowest BCUT2D eigenvalue weighted by Gasteiger charge is -2.18. The summed E-state index contributed by atoms with van der Waals surface area (Å²) in [6, 6.07) is 7.77. The van der Waals surface area contributed by atoms with Gasteiger partial charge in [-0.05, 0) is 17.7 Å². The fourth-order valence-electron chi connectivity index (χ4n) is 1.72. The molecule has 0 bridgehead atoms. The highest BCUT2D eigenvalue weighted by Gasteiger charge is 2.11. The van der Waals surface area contributed by atoms with Crippen molar-refractivity contribution in [2.24, 2.45) is 0 Å². The molecule has 1 heterocycles. The van der Waals surface area contributed by atoms with Crippen LogP contribution in [0.3, 0.4) is 0 Å². The third kappa shape index (κ3) is 3.28. The maximum Gasteiger partial charge on any atom is 0.356 e. The van der Waals surface area contributed by atoms with Gasteiger partial charge in [-0.25, -0.2) is 19.2 Å². The van der Waals surface area contributed by atoms with Crippen molar-refractivity contribution in [3.05, 3.63) is 53.7 Å². The zero-order chi connectivity index (χ0) is 14.5. The molecule has 0 atom stereocenters. The molecule has 0 saturated heterocycles. The van der Waals surface area contributed by atoms with Crippen molar-refractivity contribution in [1.29, 1.82) is 0 Å². The Labute approximate surface area is 116 Å². The summed E-state index contributed by atoms with van der Waals surface area (Å²) in [7, 11) is 3.12. The predicted molar refractivity (Wildman–Crippen MR) is 71.9 cm³/mol. The number of ether oxygens (including phenoxy) is 1. The Morgan fingerprint density at radius 1 is 1.30 bits per heavy atom. The van der Waals surface area contributed by atoms with Crippen molar-refractivity contribution in [3.63, 3.8) is 0 Å². The van der Waals surface area contributed by atoms with Crippen LogP contribution in [0.25, 0.3) is 0 Å². The highest BCUT2D eigenvalue weighted by Crippen LogP contribution is 2.14. The number of methoxy groups -OCH3 is 1. The van der Waals surface area contributed by atoms with E-state index in [4.69, 9.17) is 0 Å². The van der Waals surface area contributed by atoms with E-state index in [1.807, 2.05) is 11.9 Å². The average Bonchev–Trinajstić information content (AvgIpc) is 2.49. The SMILES string of the molecule is COC(=O)c1cc(N(C)Cc2ccc(F)cc2)ncn1. The fraction of sp³-hybridized carbons (Fsp3) is 0.214. The number of carbonyl (C=O) groups excluding carboxylic acids is 1. The van der Waals surface area contributed by atoms with E-state index in [2.05, 4.69) is 14.7 Å². The minimum atomic E-state index is -0.510. The van der Waals surface area contributed by atoms with Gasteiger partial charge in [0.05, 0.1) is 7.11 Å². The maximum atomic E-state index is 12.8. The van der Waals surface area contributed by atoms with Crippen LogP contribution in [0.15, 0.2) is 36.7 Å². The van der Waals surface area contributed by atoms with Crippen LogP contribution in [0, 0.1) is 5.82 Å². The molecule has 0 unspecified atom stereocenters. The minimum Gasteiger partial charge on any atom is -0.464 e. The van der Waals surface area contributed by atoms with Crippen LogP contribution >= 0.6 is 0 Å². The second-order valence-corrected chi connectivity index (χ2v) is 4.24. The molecule has 6 heteroatoms. The van der Waals surface area contributed by atoms with Crippen LogP contribution < -0.4 is 4.90 Å². The van der Waals surface area contributed by atoms with E-state index >= 15 is 0 Å². The van der Waals surface area contributed by atoms with Crippen LogP contribution in [-0.2, 0) is 11.3 Å². The smallest absolute Gasteiger partial charge is 0.356 e. The van der Waals surface area contributed by atoms with Crippen LogP contribution in [-0.4, -0.2) is 30.1 Å². The summed E-state index contributed by atoms with van der Waals surface area (Å²) in [4.78, 5) is 21.2. The second kappa shape index (κ2) is 6.10. The first-order valence-electron chi connectivity index (χ1n) is 5.96. The maximum absolute atomic E-state index is 12.8. The molecule has 5 nitrogen and oxygen atoms in total. The number of benzene rings is 1. The standard InChI is InChI=1S/C14H14FN3O2/c1-18(8-10-3-5-11(15)6-4-10)13-7-12(14(19)20-2)16-9-17-13/h3-7,9H,8H2,1-2H3. The number of carbonyl (C=O) groups is 1. The molecule has 0 aliphatic rings. The zero-order valence-corrected chi connectivity index (χ0v) is 11.2. The Morgan fingerprint density at radius 2 is 2.00 bits per heavy atom. The summed E-state index contributed by atoms with van der Waals surface area (Å²) in [6.07, 6.45) is 1.31. The molecule has 0 radical (unpaired) electrons. The summed E-state index contributed by atoms with van der Waals surface area (Å²) in [6.45, 7) is 0.540. The van der Waals surface area contributed by atoms with Gasteiger partial charge in [0.25, 0.3) is 0 Å². The molecule has 104 valence electrons. The normalized spacial score (nSPS) is 10.2. The van der Waals surface area contributed by atoms with E-state index < -0.39 is 5.97 Å². The monoisotopic (exact) mass is 275 g/mol. The van der Waals surface area contributed by atoms with Gasteiger partial charge >= 0.3 is 5.97 Å². The first-order chi connectivity index (χ1) is 9.60. The van der Waals surface area contributed by atoms with Gasteiger partial charge in [-0.2, -0.15) is 0 Å². The number of aromatic nitrogens is 2. The molecular weight excluding hydrogens is 261 g/mol. The van der Waals surface area contributed by atoms with E-state index in [1.165, 1.54) is 25.6 Å². The largest absolute Gasteiger partial charge is 0.464 e. The van der Waals surface area contributed by atoms with Crippen molar-refractivity contribution >= 4 is 11.8 Å². The predicted octanol–water partition coefficient (Wildman–Crippen LogP) is 2.04. The van der Waals surface area contributed by atoms with Crippen LogP contribution in [0.1, 0.15) is 16.1 Å². The number of rotatable bonds is 4. The Balaban J connectivity index is 2.14. The van der Waals surface area contributed by atoms with Crippen LogP contribution in [0.5, 0.6) is 0 Å². The van der Waals surface area contributed by atoms with Gasteiger partial charge in [0, 0.05) is 19.7 Å². The zero-order valence-electron chi connectivity index (χ0n) is 11.2. The van der Waals surface area contributed by atoms with Crippen molar-refractivity contribution < 1.29 is 13.9 Å². The van der Waals surface area contributed by atoms with Crippen molar-refractivity contribution in [1.82, 2.24) is 9.97 Å². The van der Waals surface area contributed by atoms with Gasteiger partial charge in [-0.3, -0.25) is 0 Å². The topological polar surface area (TPSA) is 55.3 Å². The number of hydrogen-bond donors (Lipinski definition) is 0. The molecule has 2 rings (SSSR count). The summed E-state index contributed by atoms with van der Waals surface area (Å²) in [5, 5.41) is 0. The van der Waals surface area contributed by atoms with E-state index in [9.17, 15) is 9.18 Å². The van der Waals surface area contributed by atoms with Gasteiger partial charge in [-0.15, -0.1) is 0 Å². The summed E-state index contributed by atoms with van der Waals surface area (Å²) in [5.74, 6) is -0.194. The van der Waals surface area contributed by atoms with E-state index in [0.717, 1.165) is 5.56 Å². The number of nitrogens with zero attached hydrogens (tertiary/aromatic N) is 3. The molecule has 1 aromatic heterocycles. The van der Waals surface area contributed by atoms with Crippen molar-refractivity contribution in [2.45, 2.75) is 6.54 Å². The Hall–Kier alpha value is -2.50. The van der Waals surface area contributed by atoms with Gasteiger partial charge in [0.1, 0.15) is 18.0 Å². The Morgan fingerprint density at radius 3 is 2.65 bits per heavy atom. The first-order valence-corrected chi connectivity index (χ1v) is 5.96. The minimum absolute atomic E-state index is 0.198. The molecule has 0 saturated carbocycles. The van der Waals surface area contributed by atoms with Gasteiger partial charge in [0.2, 0.25) is 0 Å².